The number of fused-ring (bicyclic) bond motifs is 6. The van der Waals surface area contributed by atoms with Crippen LogP contribution in [0, 0.1) is 0 Å². The quantitative estimate of drug-likeness (QED) is 0.137. The van der Waals surface area contributed by atoms with Crippen LogP contribution in [0.5, 0.6) is 0 Å². The van der Waals surface area contributed by atoms with Gasteiger partial charge in [-0.05, 0) is 0 Å². The van der Waals surface area contributed by atoms with Gasteiger partial charge < -0.3 is 0 Å². The molecule has 47 heavy (non-hydrogen) atoms. The minimum atomic E-state index is -2.15. The van der Waals surface area contributed by atoms with Gasteiger partial charge in [-0.25, -0.2) is 0 Å². The second-order valence-electron chi connectivity index (χ2n) is 11.8. The second-order valence-corrected chi connectivity index (χ2v) is 14.7. The summed E-state index contributed by atoms with van der Waals surface area (Å²) in [6.07, 6.45) is 7.91. The summed E-state index contributed by atoms with van der Waals surface area (Å²) < 4.78 is 4.79. The Balaban J connectivity index is 1.52. The number of rotatable bonds is 4. The topological polar surface area (TPSA) is 9.86 Å². The average molecular weight is 621 g/mol. The molecular formula is C43H33BN2S. The summed E-state index contributed by atoms with van der Waals surface area (Å²) in [6.45, 7) is 13.8. The van der Waals surface area contributed by atoms with Crippen molar-refractivity contribution in [2.75, 3.05) is 0 Å². The molecule has 0 saturated carbocycles. The average Bonchev–Trinajstić information content (AvgIpc) is 3.65. The molecule has 0 aliphatic heterocycles. The van der Waals surface area contributed by atoms with Crippen LogP contribution in [0.4, 0.5) is 0 Å². The molecule has 0 bridgehead atoms. The van der Waals surface area contributed by atoms with Gasteiger partial charge in [-0.15, -0.1) is 0 Å². The molecule has 0 aliphatic carbocycles. The number of hydrogen-bond acceptors (Lipinski definition) is 0. The van der Waals surface area contributed by atoms with E-state index in [2.05, 4.69) is 174 Å². The van der Waals surface area contributed by atoms with Crippen molar-refractivity contribution in [1.82, 2.24) is 9.13 Å². The van der Waals surface area contributed by atoms with Gasteiger partial charge in [0.15, 0.2) is 0 Å². The Morgan fingerprint density at radius 3 is 1.36 bits per heavy atom. The van der Waals surface area contributed by atoms with Gasteiger partial charge in [0.25, 0.3) is 0 Å². The molecule has 1 unspecified atom stereocenters. The van der Waals surface area contributed by atoms with Crippen LogP contribution >= 0.6 is 9.26 Å². The summed E-state index contributed by atoms with van der Waals surface area (Å²) in [4.78, 5) is 3.29. The first-order chi connectivity index (χ1) is 23.1. The van der Waals surface area contributed by atoms with E-state index in [-0.39, 0.29) is 0 Å². The van der Waals surface area contributed by atoms with E-state index in [0.717, 1.165) is 48.1 Å². The molecule has 1 atom stereocenters. The van der Waals surface area contributed by atoms with Crippen LogP contribution in [0.3, 0.4) is 0 Å². The summed E-state index contributed by atoms with van der Waals surface area (Å²) in [5, 5.41) is 4.91. The first-order valence-electron chi connectivity index (χ1n) is 15.8. The zero-order valence-corrected chi connectivity index (χ0v) is 27.1. The Morgan fingerprint density at radius 1 is 0.532 bits per heavy atom. The number of hydrogen-bond donors (Lipinski definition) is 0. The van der Waals surface area contributed by atoms with Gasteiger partial charge in [-0.1, -0.05) is 0 Å². The molecule has 0 fully saturated rings. The molecule has 0 saturated heterocycles. The summed E-state index contributed by atoms with van der Waals surface area (Å²) in [6, 6.07) is 52.2. The molecule has 4 heteroatoms. The van der Waals surface area contributed by atoms with E-state index in [4.69, 9.17) is 6.53 Å². The normalized spacial score (nSPS) is 13.6. The zero-order chi connectivity index (χ0) is 32.0. The first kappa shape index (κ1) is 29.0. The molecule has 0 N–H and O–H groups in total. The van der Waals surface area contributed by atoms with Crippen LogP contribution < -0.4 is 0 Å². The molecule has 8 rings (SSSR count). The van der Waals surface area contributed by atoms with Crippen LogP contribution in [0.25, 0.3) is 55.0 Å². The third kappa shape index (κ3) is 4.68. The first-order valence-corrected chi connectivity index (χ1v) is 17.5. The van der Waals surface area contributed by atoms with Crippen molar-refractivity contribution in [3.8, 4) is 11.4 Å². The summed E-state index contributed by atoms with van der Waals surface area (Å²) >= 11 is 0. The number of allylic oxidation sites excluding steroid dienone is 5. The second kappa shape index (κ2) is 11.7. The van der Waals surface area contributed by atoms with Crippen molar-refractivity contribution in [3.63, 3.8) is 0 Å². The fourth-order valence-corrected chi connectivity index (χ4v) is 9.44. The molecule has 0 spiro atoms. The molecular weight excluding hydrogens is 587 g/mol. The van der Waals surface area contributed by atoms with Gasteiger partial charge in [-0.2, -0.15) is 0 Å². The van der Waals surface area contributed by atoms with Crippen molar-refractivity contribution in [3.05, 3.63) is 181 Å². The van der Waals surface area contributed by atoms with E-state index in [1.807, 2.05) is 12.2 Å². The fraction of sp³-hybridized carbons (Fsp3) is 0.0233. The number of benzene rings is 6. The van der Waals surface area contributed by atoms with Crippen LogP contribution in [-0.4, -0.2) is 15.7 Å². The maximum atomic E-state index is 7.80. The standard InChI is InChI=1S/C43H33BN2S/c1-3-4-6-17-31(2)47(44,34-18-7-5-8-19-34)35-29-32(45-40-24-13-9-20-36(40)37-21-10-14-25-41(37)45)28-33(30-35)46-42-26-15-11-22-38(42)39-23-12-16-27-43(39)46/h3-30H,1H2,2H3/b6-4-,31-17+. The van der Waals surface area contributed by atoms with Gasteiger partial charge in [0.2, 0.25) is 0 Å². The molecule has 0 aliphatic rings. The van der Waals surface area contributed by atoms with Crippen LogP contribution in [0.1, 0.15) is 6.92 Å². The Morgan fingerprint density at radius 2 is 0.936 bits per heavy atom. The Kier molecular flexibility index (Phi) is 7.23. The molecule has 2 heterocycles. The molecule has 0 amide bonds. The predicted octanol–water partition coefficient (Wildman–Crippen LogP) is 11.8. The van der Waals surface area contributed by atoms with Gasteiger partial charge in [0.05, 0.1) is 0 Å². The Labute approximate surface area is 277 Å². The van der Waals surface area contributed by atoms with Crippen molar-refractivity contribution in [1.29, 1.82) is 0 Å². The van der Waals surface area contributed by atoms with E-state index in [0.29, 0.717) is 0 Å². The SMILES string of the molecule is B#S(/C(C)=C/C=C\C=C)(c1ccccc1)c1cc(-n2c3ccccc3c3ccccc32)cc(-n2c3ccccc3c3ccccc32)c1. The summed E-state index contributed by atoms with van der Waals surface area (Å²) in [7, 11) is -2.15. The third-order valence-corrected chi connectivity index (χ3v) is 12.3. The van der Waals surface area contributed by atoms with Crippen molar-refractivity contribution < 1.29 is 0 Å². The summed E-state index contributed by atoms with van der Waals surface area (Å²) in [5.41, 5.74) is 6.80. The van der Waals surface area contributed by atoms with E-state index >= 15 is 0 Å². The van der Waals surface area contributed by atoms with E-state index in [1.54, 1.807) is 6.08 Å². The van der Waals surface area contributed by atoms with Crippen molar-refractivity contribution in [2.24, 2.45) is 0 Å². The Bertz CT molecular complexity index is 2420. The van der Waals surface area contributed by atoms with Crippen LogP contribution in [0.2, 0.25) is 0 Å². The summed E-state index contributed by atoms with van der Waals surface area (Å²) in [5.74, 6) is 0. The van der Waals surface area contributed by atoms with E-state index in [9.17, 15) is 0 Å². The van der Waals surface area contributed by atoms with Gasteiger partial charge in [0, 0.05) is 0 Å². The minimum absolute atomic E-state index is 1.07. The predicted molar refractivity (Wildman–Crippen MR) is 205 cm³/mol. The third-order valence-electron chi connectivity index (χ3n) is 9.13. The molecule has 2 nitrogen and oxygen atoms in total. The van der Waals surface area contributed by atoms with Crippen LogP contribution in [-0.2, 0) is 0 Å². The zero-order valence-electron chi connectivity index (χ0n) is 26.3. The molecule has 0 radical (unpaired) electrons. The van der Waals surface area contributed by atoms with Gasteiger partial charge >= 0.3 is 278 Å². The van der Waals surface area contributed by atoms with Gasteiger partial charge in [0.1, 0.15) is 0 Å². The molecule has 2 aromatic heterocycles. The van der Waals surface area contributed by atoms with Crippen LogP contribution in [0.15, 0.2) is 191 Å². The maximum absolute atomic E-state index is 7.80. The number of nitrogens with zero attached hydrogens (tertiary/aromatic N) is 2. The van der Waals surface area contributed by atoms with E-state index < -0.39 is 9.26 Å². The van der Waals surface area contributed by atoms with Crippen molar-refractivity contribution >= 4 is 59.4 Å². The van der Waals surface area contributed by atoms with E-state index in [1.165, 1.54) is 21.5 Å². The number of aromatic nitrogens is 2. The molecule has 8 aromatic rings. The molecule has 6 aromatic carbocycles. The fourth-order valence-electron chi connectivity index (χ4n) is 6.93. The molecule has 224 valence electrons. The van der Waals surface area contributed by atoms with Crippen molar-refractivity contribution in [2.45, 2.75) is 16.7 Å². The number of para-hydroxylation sites is 4. The monoisotopic (exact) mass is 620 g/mol. The Hall–Kier alpha value is -5.45. The van der Waals surface area contributed by atoms with Gasteiger partial charge in [-0.3, -0.25) is 0 Å².